The highest BCUT2D eigenvalue weighted by atomic mass is 32.1. The molecule has 0 bridgehead atoms. The first-order valence-electron chi connectivity index (χ1n) is 12.2. The Kier molecular flexibility index (Phi) is 6.60. The van der Waals surface area contributed by atoms with Crippen molar-refractivity contribution in [2.75, 3.05) is 26.2 Å². The predicted octanol–water partition coefficient (Wildman–Crippen LogP) is 5.24. The molecule has 1 atom stereocenters. The van der Waals surface area contributed by atoms with E-state index >= 15 is 0 Å². The van der Waals surface area contributed by atoms with E-state index in [0.717, 1.165) is 22.6 Å². The Bertz CT molecular complexity index is 1600. The Labute approximate surface area is 224 Å². The number of carbonyl (C=O) groups excluding carboxylic acids is 1. The molecule has 5 rings (SSSR count). The molecule has 0 radical (unpaired) electrons. The summed E-state index contributed by atoms with van der Waals surface area (Å²) in [5.74, 6) is 1.11. The summed E-state index contributed by atoms with van der Waals surface area (Å²) in [7, 11) is 4.55. The molecule has 1 unspecified atom stereocenters. The van der Waals surface area contributed by atoms with Crippen LogP contribution >= 0.6 is 11.3 Å². The van der Waals surface area contributed by atoms with Crippen LogP contribution in [0.3, 0.4) is 0 Å². The van der Waals surface area contributed by atoms with E-state index < -0.39 is 11.9 Å². The average Bonchev–Trinajstić information content (AvgIpc) is 3.45. The Morgan fingerprint density at radius 1 is 0.974 bits per heavy atom. The first kappa shape index (κ1) is 25.7. The zero-order valence-electron chi connectivity index (χ0n) is 22.4. The third kappa shape index (κ3) is 4.09. The number of hydrogen-bond donors (Lipinski definition) is 0. The van der Waals surface area contributed by atoms with E-state index in [1.165, 1.54) is 37.6 Å². The van der Waals surface area contributed by atoms with Crippen LogP contribution in [0.5, 0.6) is 17.2 Å². The summed E-state index contributed by atoms with van der Waals surface area (Å²) in [5, 5.41) is 10.3. The molecule has 4 aromatic rings. The molecule has 10 heteroatoms. The largest absolute Gasteiger partial charge is 0.493 e. The third-order valence-electron chi connectivity index (χ3n) is 6.73. The molecule has 0 spiro atoms. The molecule has 198 valence electrons. The van der Waals surface area contributed by atoms with Gasteiger partial charge in [0.2, 0.25) is 16.6 Å². The lowest BCUT2D eigenvalue weighted by Crippen LogP contribution is -2.29. The van der Waals surface area contributed by atoms with Gasteiger partial charge < -0.3 is 18.6 Å². The standard InChI is InChI=1S/C28H29N3O6S/c1-13(2)8-21-29-30-28(38-21)31-23(16-11-19(34-5)25(36-7)20(12-16)35-6)22-24(32)17-9-14(3)15(4)10-18(17)37-26(22)27(31)33/h9-13,23H,8H2,1-7H3. The van der Waals surface area contributed by atoms with Crippen LogP contribution in [0, 0.1) is 19.8 Å². The Morgan fingerprint density at radius 2 is 1.63 bits per heavy atom. The van der Waals surface area contributed by atoms with Crippen molar-refractivity contribution in [2.45, 2.75) is 40.2 Å². The monoisotopic (exact) mass is 535 g/mol. The SMILES string of the molecule is COc1cc(C2c3c(oc4cc(C)c(C)cc4c3=O)C(=O)N2c2nnc(CC(C)C)s2)cc(OC)c1OC. The highest BCUT2D eigenvalue weighted by Gasteiger charge is 2.46. The fraction of sp³-hybridized carbons (Fsp3) is 0.357. The third-order valence-corrected chi connectivity index (χ3v) is 7.68. The van der Waals surface area contributed by atoms with Crippen LogP contribution in [0.2, 0.25) is 0 Å². The van der Waals surface area contributed by atoms with E-state index in [0.29, 0.717) is 44.8 Å². The summed E-state index contributed by atoms with van der Waals surface area (Å²) < 4.78 is 22.8. The van der Waals surface area contributed by atoms with Gasteiger partial charge in [-0.2, -0.15) is 0 Å². The van der Waals surface area contributed by atoms with Gasteiger partial charge in [-0.25, -0.2) is 0 Å². The molecule has 0 saturated heterocycles. The summed E-state index contributed by atoms with van der Waals surface area (Å²) in [4.78, 5) is 29.4. The highest BCUT2D eigenvalue weighted by molar-refractivity contribution is 7.15. The van der Waals surface area contributed by atoms with E-state index in [1.54, 1.807) is 18.2 Å². The molecule has 1 aliphatic heterocycles. The predicted molar refractivity (Wildman–Crippen MR) is 145 cm³/mol. The van der Waals surface area contributed by atoms with Gasteiger partial charge in [0, 0.05) is 6.42 Å². The van der Waals surface area contributed by atoms with Gasteiger partial charge in [-0.1, -0.05) is 25.2 Å². The molecule has 0 aliphatic carbocycles. The number of anilines is 1. The highest BCUT2D eigenvalue weighted by Crippen LogP contribution is 2.47. The first-order chi connectivity index (χ1) is 18.2. The number of aryl methyl sites for hydroxylation is 2. The molecular formula is C28H29N3O6S. The molecule has 1 amide bonds. The van der Waals surface area contributed by atoms with Crippen molar-refractivity contribution in [1.82, 2.24) is 10.2 Å². The lowest BCUT2D eigenvalue weighted by Gasteiger charge is -2.24. The number of methoxy groups -OCH3 is 3. The Hall–Kier alpha value is -3.92. The van der Waals surface area contributed by atoms with Gasteiger partial charge >= 0.3 is 0 Å². The summed E-state index contributed by atoms with van der Waals surface area (Å²) in [6.07, 6.45) is 0.723. The second-order valence-corrected chi connectivity index (χ2v) is 10.8. The topological polar surface area (TPSA) is 104 Å². The normalized spacial score (nSPS) is 14.9. The van der Waals surface area contributed by atoms with Gasteiger partial charge in [0.1, 0.15) is 10.6 Å². The average molecular weight is 536 g/mol. The van der Waals surface area contributed by atoms with Crippen LogP contribution in [0.4, 0.5) is 5.13 Å². The second kappa shape index (κ2) is 9.75. The zero-order chi connectivity index (χ0) is 27.3. The molecular weight excluding hydrogens is 506 g/mol. The molecule has 9 nitrogen and oxygen atoms in total. The summed E-state index contributed by atoms with van der Waals surface area (Å²) in [6, 6.07) is 6.24. The maximum atomic E-state index is 14.0. The van der Waals surface area contributed by atoms with Crippen molar-refractivity contribution in [1.29, 1.82) is 0 Å². The zero-order valence-corrected chi connectivity index (χ0v) is 23.2. The van der Waals surface area contributed by atoms with E-state index in [1.807, 2.05) is 19.9 Å². The number of nitrogens with zero attached hydrogens (tertiary/aromatic N) is 3. The summed E-state index contributed by atoms with van der Waals surface area (Å²) in [6.45, 7) is 8.06. The number of rotatable bonds is 7. The van der Waals surface area contributed by atoms with Crippen molar-refractivity contribution in [3.05, 3.63) is 67.5 Å². The van der Waals surface area contributed by atoms with E-state index in [9.17, 15) is 9.59 Å². The van der Waals surface area contributed by atoms with Crippen molar-refractivity contribution in [3.63, 3.8) is 0 Å². The maximum absolute atomic E-state index is 14.0. The van der Waals surface area contributed by atoms with Crippen LogP contribution in [0.25, 0.3) is 11.0 Å². The van der Waals surface area contributed by atoms with Gasteiger partial charge in [-0.15, -0.1) is 10.2 Å². The number of carbonyl (C=O) groups is 1. The van der Waals surface area contributed by atoms with Gasteiger partial charge in [0.15, 0.2) is 16.9 Å². The fourth-order valence-corrected chi connectivity index (χ4v) is 5.85. The number of ether oxygens (including phenoxy) is 3. The minimum absolute atomic E-state index is 0.00915. The number of benzene rings is 2. The molecule has 2 aromatic heterocycles. The smallest absolute Gasteiger partial charge is 0.297 e. The van der Waals surface area contributed by atoms with Gasteiger partial charge in [-0.05, 0) is 60.7 Å². The Morgan fingerprint density at radius 3 is 2.24 bits per heavy atom. The van der Waals surface area contributed by atoms with Gasteiger partial charge in [0.25, 0.3) is 5.91 Å². The maximum Gasteiger partial charge on any atom is 0.297 e. The number of hydrogen-bond acceptors (Lipinski definition) is 9. The molecule has 0 N–H and O–H groups in total. The molecule has 0 saturated carbocycles. The fourth-order valence-electron chi connectivity index (χ4n) is 4.77. The van der Waals surface area contributed by atoms with Crippen LogP contribution in [0.15, 0.2) is 33.5 Å². The van der Waals surface area contributed by atoms with Gasteiger partial charge in [0.05, 0.1) is 38.3 Å². The minimum Gasteiger partial charge on any atom is -0.493 e. The van der Waals surface area contributed by atoms with E-state index in [4.69, 9.17) is 18.6 Å². The molecule has 1 aliphatic rings. The number of aromatic nitrogens is 2. The lowest BCUT2D eigenvalue weighted by molar-refractivity contribution is 0.0970. The second-order valence-electron chi connectivity index (χ2n) is 9.72. The molecule has 2 aromatic carbocycles. The Balaban J connectivity index is 1.80. The lowest BCUT2D eigenvalue weighted by atomic mass is 9.97. The van der Waals surface area contributed by atoms with Crippen molar-refractivity contribution >= 4 is 33.3 Å². The van der Waals surface area contributed by atoms with Gasteiger partial charge in [-0.3, -0.25) is 14.5 Å². The van der Waals surface area contributed by atoms with Crippen LogP contribution < -0.4 is 24.5 Å². The van der Waals surface area contributed by atoms with Crippen LogP contribution in [-0.2, 0) is 6.42 Å². The van der Waals surface area contributed by atoms with Crippen LogP contribution in [0.1, 0.15) is 57.7 Å². The number of amides is 1. The number of fused-ring (bicyclic) bond motifs is 2. The van der Waals surface area contributed by atoms with Crippen LogP contribution in [-0.4, -0.2) is 37.4 Å². The van der Waals surface area contributed by atoms with Crippen molar-refractivity contribution in [3.8, 4) is 17.2 Å². The molecule has 38 heavy (non-hydrogen) atoms. The first-order valence-corrected chi connectivity index (χ1v) is 13.0. The van der Waals surface area contributed by atoms with Crippen molar-refractivity contribution < 1.29 is 23.4 Å². The van der Waals surface area contributed by atoms with E-state index in [2.05, 4.69) is 24.0 Å². The molecule has 0 fully saturated rings. The summed E-state index contributed by atoms with van der Waals surface area (Å²) >= 11 is 1.33. The van der Waals surface area contributed by atoms with E-state index in [-0.39, 0.29) is 16.8 Å². The quantitative estimate of drug-likeness (QED) is 0.317. The minimum atomic E-state index is -0.840. The van der Waals surface area contributed by atoms with Crippen molar-refractivity contribution in [2.24, 2.45) is 5.92 Å². The molecule has 3 heterocycles. The summed E-state index contributed by atoms with van der Waals surface area (Å²) in [5.41, 5.74) is 2.84.